The second-order valence-corrected chi connectivity index (χ2v) is 23.6. The molecule has 2 aliphatic heterocycles. The molecule has 4 aliphatic rings. The van der Waals surface area contributed by atoms with Crippen LogP contribution in [0.25, 0.3) is 49.7 Å². The number of nitrogens with zero attached hydrogens (tertiary/aromatic N) is 1. The summed E-state index contributed by atoms with van der Waals surface area (Å²) in [5, 5.41) is 7.75. The molecule has 0 bridgehead atoms. The number of fused-ring (bicyclic) bond motifs is 17. The van der Waals surface area contributed by atoms with Crippen LogP contribution in [0.5, 0.6) is 23.0 Å². The van der Waals surface area contributed by atoms with Crippen molar-refractivity contribution in [2.75, 3.05) is 0 Å². The topological polar surface area (TPSA) is 23.4 Å². The number of hydrogen-bond acceptors (Lipinski definition) is 2. The molecule has 72 heavy (non-hydrogen) atoms. The second-order valence-electron chi connectivity index (χ2n) is 19.8. The van der Waals surface area contributed by atoms with E-state index < -0.39 is 13.5 Å². The zero-order valence-electron chi connectivity index (χ0n) is 39.1. The minimum absolute atomic E-state index is 0.117. The number of ether oxygens (including phenoxy) is 2. The molecule has 0 unspecified atom stereocenters. The van der Waals surface area contributed by atoms with Crippen LogP contribution in [0.4, 0.5) is 0 Å². The lowest BCUT2D eigenvalue weighted by Crippen LogP contribution is -2.75. The first-order valence-electron chi connectivity index (χ1n) is 25.0. The Balaban J connectivity index is 0.929. The number of rotatable bonds is 5. The number of benzene rings is 11. The summed E-state index contributed by atoms with van der Waals surface area (Å²) in [5.74, 6) is 3.36. The lowest BCUT2D eigenvalue weighted by Gasteiger charge is -2.37. The van der Waals surface area contributed by atoms with Crippen LogP contribution >= 0.6 is 0 Å². The van der Waals surface area contributed by atoms with Gasteiger partial charge in [0.2, 0.25) is 0 Å². The summed E-state index contributed by atoms with van der Waals surface area (Å²) in [7, 11) is -2.85. The van der Waals surface area contributed by atoms with Gasteiger partial charge in [0.15, 0.2) is 8.07 Å². The van der Waals surface area contributed by atoms with Crippen molar-refractivity contribution >= 4 is 73.7 Å². The van der Waals surface area contributed by atoms with Crippen molar-refractivity contribution in [2.45, 2.75) is 5.41 Å². The van der Waals surface area contributed by atoms with Gasteiger partial charge in [-0.1, -0.05) is 212 Å². The Morgan fingerprint density at radius 2 is 0.833 bits per heavy atom. The van der Waals surface area contributed by atoms with Crippen molar-refractivity contribution in [1.29, 1.82) is 0 Å². The fourth-order valence-electron chi connectivity index (χ4n) is 13.7. The molecule has 5 heteroatoms. The van der Waals surface area contributed by atoms with E-state index in [9.17, 15) is 0 Å². The lowest BCUT2D eigenvalue weighted by atomic mass is 9.35. The third-order valence-corrected chi connectivity index (χ3v) is 21.2. The third kappa shape index (κ3) is 5.15. The quantitative estimate of drug-likeness (QED) is 0.127. The summed E-state index contributed by atoms with van der Waals surface area (Å²) in [6.07, 6.45) is 0. The zero-order chi connectivity index (χ0) is 47.1. The van der Waals surface area contributed by atoms with Crippen LogP contribution in [0.3, 0.4) is 0 Å². The number of hydrogen-bond donors (Lipinski definition) is 0. The lowest BCUT2D eigenvalue weighted by molar-refractivity contribution is 0.464. The summed E-state index contributed by atoms with van der Waals surface area (Å²) in [6.45, 7) is -0.117. The van der Waals surface area contributed by atoms with Gasteiger partial charge in [0, 0.05) is 28.4 Å². The molecule has 12 aromatic rings. The molecule has 2 aliphatic carbocycles. The maximum Gasteiger partial charge on any atom is 0.260 e. The maximum absolute atomic E-state index is 7.28. The van der Waals surface area contributed by atoms with Gasteiger partial charge in [0.1, 0.15) is 23.0 Å². The monoisotopic (exact) mass is 931 g/mol. The van der Waals surface area contributed by atoms with E-state index in [-0.39, 0.29) is 6.71 Å². The van der Waals surface area contributed by atoms with Crippen molar-refractivity contribution in [2.24, 2.45) is 0 Å². The van der Waals surface area contributed by atoms with Gasteiger partial charge < -0.3 is 14.0 Å². The summed E-state index contributed by atoms with van der Waals surface area (Å²) < 4.78 is 16.8. The van der Waals surface area contributed by atoms with E-state index in [1.54, 1.807) is 0 Å². The van der Waals surface area contributed by atoms with Crippen molar-refractivity contribution in [1.82, 2.24) is 4.57 Å². The smallest absolute Gasteiger partial charge is 0.260 e. The summed E-state index contributed by atoms with van der Waals surface area (Å²) >= 11 is 0. The minimum atomic E-state index is -2.85. The molecule has 0 fully saturated rings. The second kappa shape index (κ2) is 14.8. The Bertz CT molecular complexity index is 4080. The molecule has 0 radical (unpaired) electrons. The van der Waals surface area contributed by atoms with Crippen LogP contribution in [-0.2, 0) is 5.41 Å². The molecule has 0 saturated carbocycles. The highest BCUT2D eigenvalue weighted by molar-refractivity contribution is 7.20. The van der Waals surface area contributed by atoms with Crippen molar-refractivity contribution in [3.63, 3.8) is 0 Å². The van der Waals surface area contributed by atoms with Gasteiger partial charge in [0.05, 0.1) is 22.1 Å². The molecule has 0 saturated heterocycles. The fourth-order valence-corrected chi connectivity index (χ4v) is 18.5. The highest BCUT2D eigenvalue weighted by atomic mass is 28.3. The molecule has 11 aromatic carbocycles. The highest BCUT2D eigenvalue weighted by Gasteiger charge is 2.52. The maximum atomic E-state index is 7.28. The van der Waals surface area contributed by atoms with Crippen LogP contribution in [-0.4, -0.2) is 19.4 Å². The largest absolute Gasteiger partial charge is 0.458 e. The first-order chi connectivity index (χ1) is 35.7. The average Bonchev–Trinajstić information content (AvgIpc) is 4.05. The zero-order valence-corrected chi connectivity index (χ0v) is 40.1. The molecule has 3 heterocycles. The molecule has 0 amide bonds. The standard InChI is InChI=1S/C67H42BNO2Si/c1-4-20-44(21-5-1)72(45-22-6-2-7-23-45,46-24-8-3-9-25-46)47-36-37-63-59(40-47)68-58-33-17-19-35-62(58)70-64-38-43(39-65(71-63)66(64)68)69-60-34-18-13-29-51(60)53-41-52-50-28-12-16-32-56(50)67(57(52)42-61(53)69)54-30-14-10-26-48(54)49-27-11-15-31-55(49)67/h1-42H. The molecule has 3 nitrogen and oxygen atoms in total. The van der Waals surface area contributed by atoms with Crippen LogP contribution in [0.15, 0.2) is 255 Å². The van der Waals surface area contributed by atoms with Gasteiger partial charge >= 0.3 is 0 Å². The third-order valence-electron chi connectivity index (χ3n) is 16.5. The number of aromatic nitrogens is 1. The van der Waals surface area contributed by atoms with E-state index in [4.69, 9.17) is 9.47 Å². The normalized spacial score (nSPS) is 13.9. The first kappa shape index (κ1) is 39.9. The van der Waals surface area contributed by atoms with E-state index in [0.29, 0.717) is 0 Å². The van der Waals surface area contributed by atoms with Crippen LogP contribution in [0.2, 0.25) is 0 Å². The molecule has 334 valence electrons. The van der Waals surface area contributed by atoms with Crippen molar-refractivity contribution in [3.05, 3.63) is 277 Å². The molecule has 1 aromatic heterocycles. The highest BCUT2D eigenvalue weighted by Crippen LogP contribution is 2.63. The Hall–Kier alpha value is -8.90. The number of para-hydroxylation sites is 2. The van der Waals surface area contributed by atoms with E-state index in [2.05, 4.69) is 259 Å². The average molecular weight is 932 g/mol. The first-order valence-corrected chi connectivity index (χ1v) is 27.0. The summed E-state index contributed by atoms with van der Waals surface area (Å²) in [4.78, 5) is 0. The molecule has 0 N–H and O–H groups in total. The van der Waals surface area contributed by atoms with Crippen molar-refractivity contribution < 1.29 is 9.47 Å². The van der Waals surface area contributed by atoms with E-state index in [1.165, 1.54) is 76.0 Å². The Labute approximate surface area is 419 Å². The predicted octanol–water partition coefficient (Wildman–Crippen LogP) is 11.2. The van der Waals surface area contributed by atoms with Gasteiger partial charge in [-0.2, -0.15) is 0 Å². The van der Waals surface area contributed by atoms with Gasteiger partial charge in [-0.25, -0.2) is 0 Å². The van der Waals surface area contributed by atoms with Gasteiger partial charge in [-0.3, -0.25) is 0 Å². The predicted molar refractivity (Wildman–Crippen MR) is 298 cm³/mol. The van der Waals surface area contributed by atoms with E-state index >= 15 is 0 Å². The molecular weight excluding hydrogens is 890 g/mol. The molecular formula is C67H42BNO2Si. The molecule has 1 spiro atoms. The van der Waals surface area contributed by atoms with Crippen LogP contribution in [0.1, 0.15) is 22.3 Å². The van der Waals surface area contributed by atoms with E-state index in [1.807, 2.05) is 0 Å². The van der Waals surface area contributed by atoms with Gasteiger partial charge in [-0.15, -0.1) is 0 Å². The SMILES string of the molecule is c1ccc([Si](c2ccccc2)(c2ccccc2)c2ccc3c(c2)B2c4ccccc4Oc4cc(-n5c6ccccc6c6cc7c(cc65)C5(c6ccccc6-c6ccccc65)c5ccccc5-7)cc(c42)O3)cc1. The van der Waals surface area contributed by atoms with Gasteiger partial charge in [-0.05, 0) is 107 Å². The minimum Gasteiger partial charge on any atom is -0.458 e. The van der Waals surface area contributed by atoms with Crippen LogP contribution < -0.4 is 46.6 Å². The van der Waals surface area contributed by atoms with E-state index in [0.717, 1.165) is 56.1 Å². The van der Waals surface area contributed by atoms with Crippen LogP contribution in [0, 0.1) is 0 Å². The molecule has 0 atom stereocenters. The van der Waals surface area contributed by atoms with Crippen molar-refractivity contribution in [3.8, 4) is 50.9 Å². The Morgan fingerprint density at radius 3 is 1.44 bits per heavy atom. The summed E-state index contributed by atoms with van der Waals surface area (Å²) in [5.41, 5.74) is 16.7. The Kier molecular flexibility index (Phi) is 8.21. The summed E-state index contributed by atoms with van der Waals surface area (Å²) in [6, 6.07) is 94.7. The molecule has 16 rings (SSSR count). The fraction of sp³-hybridized carbons (Fsp3) is 0.0149. The van der Waals surface area contributed by atoms with Gasteiger partial charge in [0.25, 0.3) is 6.71 Å². The Morgan fingerprint density at radius 1 is 0.333 bits per heavy atom.